The molecule has 0 heterocycles. The van der Waals surface area contributed by atoms with Gasteiger partial charge in [0.25, 0.3) is 5.91 Å². The van der Waals surface area contributed by atoms with Gasteiger partial charge in [0.05, 0.1) is 25.3 Å². The lowest BCUT2D eigenvalue weighted by Crippen LogP contribution is -2.32. The molecule has 0 bridgehead atoms. The monoisotopic (exact) mass is 425 g/mol. The summed E-state index contributed by atoms with van der Waals surface area (Å²) in [4.78, 5) is 36.8. The lowest BCUT2D eigenvalue weighted by atomic mass is 9.92. The molecule has 1 aliphatic rings. The van der Waals surface area contributed by atoms with Crippen LogP contribution >= 0.6 is 0 Å². The Morgan fingerprint density at radius 2 is 1.52 bits per heavy atom. The van der Waals surface area contributed by atoms with Gasteiger partial charge >= 0.3 is 11.9 Å². The summed E-state index contributed by atoms with van der Waals surface area (Å²) < 4.78 is 15.4. The minimum Gasteiger partial charge on any atom is -0.481 e. The van der Waals surface area contributed by atoms with Crippen LogP contribution in [-0.4, -0.2) is 38.2 Å². The fraction of sp³-hybridized carbons (Fsp3) is 0.375. The highest BCUT2D eigenvalue weighted by atomic mass is 16.5. The van der Waals surface area contributed by atoms with Crippen molar-refractivity contribution in [1.82, 2.24) is 0 Å². The molecule has 1 atom stereocenters. The second-order valence-corrected chi connectivity index (χ2v) is 7.42. The zero-order chi connectivity index (χ0) is 22.4. The van der Waals surface area contributed by atoms with Crippen LogP contribution in [0.15, 0.2) is 36.4 Å². The largest absolute Gasteiger partial charge is 0.481 e. The SMILES string of the molecule is CCC(Oc1ccc2c(c1)CCCC2)C(=O)Nc1cc(C(=O)OC)cc(C(=O)OC)c1. The van der Waals surface area contributed by atoms with Crippen LogP contribution in [0, 0.1) is 0 Å². The van der Waals surface area contributed by atoms with Crippen molar-refractivity contribution in [3.8, 4) is 5.75 Å². The molecule has 2 aromatic rings. The summed E-state index contributed by atoms with van der Waals surface area (Å²) in [6.07, 6.45) is 4.17. The minimum atomic E-state index is -0.731. The number of hydrogen-bond acceptors (Lipinski definition) is 6. The number of carbonyl (C=O) groups excluding carboxylic acids is 3. The van der Waals surface area contributed by atoms with Gasteiger partial charge in [0.2, 0.25) is 0 Å². The summed E-state index contributed by atoms with van der Waals surface area (Å²) >= 11 is 0. The number of esters is 2. The van der Waals surface area contributed by atoms with Crippen LogP contribution in [-0.2, 0) is 27.1 Å². The summed E-state index contributed by atoms with van der Waals surface area (Å²) in [7, 11) is 2.48. The van der Waals surface area contributed by atoms with Crippen LogP contribution in [0.4, 0.5) is 5.69 Å². The number of carbonyl (C=O) groups is 3. The van der Waals surface area contributed by atoms with Crippen LogP contribution in [0.2, 0.25) is 0 Å². The van der Waals surface area contributed by atoms with E-state index in [1.807, 2.05) is 19.1 Å². The molecule has 3 rings (SSSR count). The van der Waals surface area contributed by atoms with Crippen molar-refractivity contribution in [3.05, 3.63) is 58.7 Å². The smallest absolute Gasteiger partial charge is 0.337 e. The van der Waals surface area contributed by atoms with Crippen molar-refractivity contribution in [2.75, 3.05) is 19.5 Å². The Balaban J connectivity index is 1.78. The topological polar surface area (TPSA) is 90.9 Å². The van der Waals surface area contributed by atoms with Gasteiger partial charge in [-0.3, -0.25) is 4.79 Å². The molecule has 0 aromatic heterocycles. The molecule has 1 aliphatic carbocycles. The number of anilines is 1. The van der Waals surface area contributed by atoms with Crippen molar-refractivity contribution < 1.29 is 28.6 Å². The molecule has 1 N–H and O–H groups in total. The normalized spacial score (nSPS) is 13.5. The second kappa shape index (κ2) is 10.1. The summed E-state index contributed by atoms with van der Waals surface area (Å²) in [5.74, 6) is -0.975. The van der Waals surface area contributed by atoms with Gasteiger partial charge < -0.3 is 19.5 Å². The van der Waals surface area contributed by atoms with Gasteiger partial charge in [-0.1, -0.05) is 13.0 Å². The molecule has 1 unspecified atom stereocenters. The van der Waals surface area contributed by atoms with Gasteiger partial charge in [-0.2, -0.15) is 0 Å². The van der Waals surface area contributed by atoms with E-state index in [1.54, 1.807) is 0 Å². The number of aryl methyl sites for hydroxylation is 2. The second-order valence-electron chi connectivity index (χ2n) is 7.42. The maximum atomic E-state index is 12.9. The number of rotatable bonds is 7. The Labute approximate surface area is 181 Å². The Bertz CT molecular complexity index is 950. The quantitative estimate of drug-likeness (QED) is 0.676. The lowest BCUT2D eigenvalue weighted by Gasteiger charge is -2.20. The van der Waals surface area contributed by atoms with E-state index in [2.05, 4.69) is 11.4 Å². The van der Waals surface area contributed by atoms with Crippen molar-refractivity contribution >= 4 is 23.5 Å². The fourth-order valence-corrected chi connectivity index (χ4v) is 3.66. The molecule has 164 valence electrons. The Morgan fingerprint density at radius 1 is 0.903 bits per heavy atom. The average Bonchev–Trinajstić information content (AvgIpc) is 2.80. The average molecular weight is 425 g/mol. The highest BCUT2D eigenvalue weighted by molar-refractivity contribution is 6.00. The maximum Gasteiger partial charge on any atom is 0.337 e. The van der Waals surface area contributed by atoms with Gasteiger partial charge in [0, 0.05) is 5.69 Å². The molecule has 0 fully saturated rings. The summed E-state index contributed by atoms with van der Waals surface area (Å²) in [6, 6.07) is 10.2. The van der Waals surface area contributed by atoms with E-state index < -0.39 is 18.0 Å². The number of benzene rings is 2. The molecular formula is C24H27NO6. The van der Waals surface area contributed by atoms with Gasteiger partial charge in [-0.15, -0.1) is 0 Å². The Kier molecular flexibility index (Phi) is 7.28. The number of fused-ring (bicyclic) bond motifs is 1. The molecule has 1 amide bonds. The highest BCUT2D eigenvalue weighted by Crippen LogP contribution is 2.26. The van der Waals surface area contributed by atoms with E-state index in [-0.39, 0.29) is 22.7 Å². The minimum absolute atomic E-state index is 0.129. The van der Waals surface area contributed by atoms with Crippen LogP contribution in [0.25, 0.3) is 0 Å². The molecular weight excluding hydrogens is 398 g/mol. The molecule has 0 spiro atoms. The van der Waals surface area contributed by atoms with Gasteiger partial charge in [-0.05, 0) is 73.6 Å². The summed E-state index contributed by atoms with van der Waals surface area (Å²) in [6.45, 7) is 1.85. The first kappa shape index (κ1) is 22.3. The fourth-order valence-electron chi connectivity index (χ4n) is 3.66. The Morgan fingerprint density at radius 3 is 2.10 bits per heavy atom. The van der Waals surface area contributed by atoms with Crippen molar-refractivity contribution in [1.29, 1.82) is 0 Å². The van der Waals surface area contributed by atoms with Crippen LogP contribution in [0.3, 0.4) is 0 Å². The zero-order valence-corrected chi connectivity index (χ0v) is 18.0. The predicted octanol–water partition coefficient (Wildman–Crippen LogP) is 3.93. The first-order valence-corrected chi connectivity index (χ1v) is 10.4. The number of hydrogen-bond donors (Lipinski definition) is 1. The number of methoxy groups -OCH3 is 2. The molecule has 0 saturated carbocycles. The lowest BCUT2D eigenvalue weighted by molar-refractivity contribution is -0.122. The Hall–Kier alpha value is -3.35. The third-order valence-electron chi connectivity index (χ3n) is 5.30. The van der Waals surface area contributed by atoms with E-state index >= 15 is 0 Å². The van der Waals surface area contributed by atoms with Crippen LogP contribution < -0.4 is 10.1 Å². The van der Waals surface area contributed by atoms with E-state index in [9.17, 15) is 14.4 Å². The first-order valence-electron chi connectivity index (χ1n) is 10.4. The molecule has 2 aromatic carbocycles. The van der Waals surface area contributed by atoms with Gasteiger partial charge in [0.1, 0.15) is 5.75 Å². The van der Waals surface area contributed by atoms with Crippen LogP contribution in [0.1, 0.15) is 58.0 Å². The van der Waals surface area contributed by atoms with E-state index in [0.29, 0.717) is 12.2 Å². The van der Waals surface area contributed by atoms with E-state index in [4.69, 9.17) is 14.2 Å². The van der Waals surface area contributed by atoms with Gasteiger partial charge in [0.15, 0.2) is 6.10 Å². The third kappa shape index (κ3) is 5.42. The van der Waals surface area contributed by atoms with Crippen molar-refractivity contribution in [3.63, 3.8) is 0 Å². The van der Waals surface area contributed by atoms with Gasteiger partial charge in [-0.25, -0.2) is 9.59 Å². The maximum absolute atomic E-state index is 12.9. The zero-order valence-electron chi connectivity index (χ0n) is 18.0. The molecule has 7 heteroatoms. The number of nitrogens with one attached hydrogen (secondary N) is 1. The van der Waals surface area contributed by atoms with Crippen molar-refractivity contribution in [2.45, 2.75) is 45.1 Å². The highest BCUT2D eigenvalue weighted by Gasteiger charge is 2.21. The molecule has 0 aliphatic heterocycles. The molecule has 0 radical (unpaired) electrons. The first-order chi connectivity index (χ1) is 14.9. The van der Waals surface area contributed by atoms with Crippen LogP contribution in [0.5, 0.6) is 5.75 Å². The standard InChI is InChI=1S/C24H27NO6/c1-4-21(31-20-10-9-15-7-5-6-8-16(15)14-20)22(26)25-19-12-17(23(27)29-2)11-18(13-19)24(28)30-3/h9-14,21H,4-8H2,1-3H3,(H,25,26). The molecule has 0 saturated heterocycles. The third-order valence-corrected chi connectivity index (χ3v) is 5.30. The van der Waals surface area contributed by atoms with Crippen molar-refractivity contribution in [2.24, 2.45) is 0 Å². The molecule has 7 nitrogen and oxygen atoms in total. The number of ether oxygens (including phenoxy) is 3. The summed E-state index contributed by atoms with van der Waals surface area (Å²) in [5, 5.41) is 2.73. The molecule has 31 heavy (non-hydrogen) atoms. The van der Waals surface area contributed by atoms with E-state index in [0.717, 1.165) is 19.3 Å². The predicted molar refractivity (Wildman–Crippen MR) is 116 cm³/mol. The summed E-state index contributed by atoms with van der Waals surface area (Å²) in [5.41, 5.74) is 3.15. The van der Waals surface area contributed by atoms with E-state index in [1.165, 1.54) is 50.0 Å². The number of amides is 1.